The van der Waals surface area contributed by atoms with E-state index in [2.05, 4.69) is 5.32 Å². The van der Waals surface area contributed by atoms with Crippen LogP contribution in [0.25, 0.3) is 0 Å². The van der Waals surface area contributed by atoms with Gasteiger partial charge in [-0.2, -0.15) is 13.2 Å². The van der Waals surface area contributed by atoms with Gasteiger partial charge in [0.15, 0.2) is 4.84 Å². The Hall–Kier alpha value is -0.590. The zero-order valence-electron chi connectivity index (χ0n) is 8.09. The molecule has 0 fully saturated rings. The minimum absolute atomic E-state index is 0.0315. The lowest BCUT2D eigenvalue weighted by molar-refractivity contribution is -0.114. The predicted molar refractivity (Wildman–Crippen MR) is 62.5 cm³/mol. The summed E-state index contributed by atoms with van der Waals surface area (Å²) in [6.07, 6.45) is 0. The van der Waals surface area contributed by atoms with Crippen molar-refractivity contribution in [1.82, 2.24) is 0 Å². The summed E-state index contributed by atoms with van der Waals surface area (Å²) >= 11 is 10.3. The molecule has 1 aromatic carbocycles. The van der Waals surface area contributed by atoms with Gasteiger partial charge in [-0.05, 0) is 30.0 Å². The van der Waals surface area contributed by atoms with Gasteiger partial charge < -0.3 is 5.32 Å². The summed E-state index contributed by atoms with van der Waals surface area (Å²) in [6, 6.07) is 5.30. The first kappa shape index (κ1) is 14.5. The Morgan fingerprint density at radius 3 is 2.53 bits per heavy atom. The molecule has 0 radical (unpaired) electrons. The molecule has 1 aromatic rings. The maximum absolute atomic E-state index is 12.1. The highest BCUT2D eigenvalue weighted by molar-refractivity contribution is 8.00. The molecular weight excluding hydrogens is 298 g/mol. The highest BCUT2D eigenvalue weighted by atomic mass is 35.5. The van der Waals surface area contributed by atoms with Crippen LogP contribution < -0.4 is 5.32 Å². The smallest absolute Gasteiger partial charge is 0.324 e. The second-order valence-corrected chi connectivity index (χ2v) is 5.10. The minimum Gasteiger partial charge on any atom is -0.324 e. The van der Waals surface area contributed by atoms with Crippen LogP contribution in [0.2, 0.25) is 0 Å². The van der Waals surface area contributed by atoms with Crippen molar-refractivity contribution in [2.45, 2.75) is 15.2 Å². The molecule has 0 atom stereocenters. The molecule has 1 amide bonds. The van der Waals surface area contributed by atoms with Crippen LogP contribution in [0.4, 0.5) is 18.9 Å². The summed E-state index contributed by atoms with van der Waals surface area (Å²) in [5.74, 6) is -0.692. The summed E-state index contributed by atoms with van der Waals surface area (Å²) in [6.45, 7) is 0. The number of alkyl halides is 5. The fourth-order valence-electron chi connectivity index (χ4n) is 0.968. The third-order valence-electron chi connectivity index (χ3n) is 1.53. The van der Waals surface area contributed by atoms with Gasteiger partial charge in [0, 0.05) is 10.6 Å². The summed E-state index contributed by atoms with van der Waals surface area (Å²) in [4.78, 5) is 9.80. The second-order valence-electron chi connectivity index (χ2n) is 2.87. The van der Waals surface area contributed by atoms with Gasteiger partial charge in [0.2, 0.25) is 0 Å². The Morgan fingerprint density at radius 1 is 1.35 bits per heavy atom. The normalized spacial score (nSPS) is 11.6. The molecular formula is C9H6Cl2F3NOS. The third kappa shape index (κ3) is 5.52. The molecule has 0 spiro atoms. The van der Waals surface area contributed by atoms with Crippen LogP contribution in [-0.2, 0) is 4.79 Å². The molecule has 2 nitrogen and oxygen atoms in total. The van der Waals surface area contributed by atoms with E-state index in [9.17, 15) is 18.0 Å². The van der Waals surface area contributed by atoms with Gasteiger partial charge >= 0.3 is 5.51 Å². The Bertz CT molecular complexity index is 411. The van der Waals surface area contributed by atoms with E-state index in [1.54, 1.807) is 0 Å². The number of hydrogen-bond donors (Lipinski definition) is 1. The van der Waals surface area contributed by atoms with E-state index in [1.165, 1.54) is 24.3 Å². The van der Waals surface area contributed by atoms with Crippen molar-refractivity contribution in [3.05, 3.63) is 24.3 Å². The van der Waals surface area contributed by atoms with Crippen molar-refractivity contribution in [2.24, 2.45) is 0 Å². The molecule has 0 aliphatic heterocycles. The van der Waals surface area contributed by atoms with Gasteiger partial charge in [-0.15, -0.1) is 0 Å². The lowest BCUT2D eigenvalue weighted by Gasteiger charge is -2.08. The Morgan fingerprint density at radius 2 is 2.00 bits per heavy atom. The molecule has 0 saturated carbocycles. The van der Waals surface area contributed by atoms with Crippen molar-refractivity contribution in [3.63, 3.8) is 0 Å². The molecule has 0 aliphatic carbocycles. The van der Waals surface area contributed by atoms with Crippen LogP contribution in [0.5, 0.6) is 0 Å². The van der Waals surface area contributed by atoms with E-state index in [4.69, 9.17) is 23.2 Å². The Kier molecular flexibility index (Phi) is 4.97. The summed E-state index contributed by atoms with van der Waals surface area (Å²) < 4.78 is 36.3. The van der Waals surface area contributed by atoms with Crippen molar-refractivity contribution in [1.29, 1.82) is 0 Å². The lowest BCUT2D eigenvalue weighted by atomic mass is 10.3. The predicted octanol–water partition coefficient (Wildman–Crippen LogP) is 4.04. The number of rotatable bonds is 3. The minimum atomic E-state index is -4.37. The SMILES string of the molecule is O=C(Nc1cccc(SC(F)(F)F)c1)C(Cl)Cl. The van der Waals surface area contributed by atoms with Gasteiger partial charge in [0.05, 0.1) is 0 Å². The molecule has 94 valence electrons. The van der Waals surface area contributed by atoms with Crippen LogP contribution >= 0.6 is 35.0 Å². The quantitative estimate of drug-likeness (QED) is 0.674. The first-order chi connectivity index (χ1) is 7.78. The standard InChI is InChI=1S/C9H6Cl2F3NOS/c10-7(11)8(16)15-5-2-1-3-6(4-5)17-9(12,13)14/h1-4,7H,(H,15,16). The van der Waals surface area contributed by atoms with Crippen LogP contribution in [0.15, 0.2) is 29.2 Å². The number of halogens is 5. The Balaban J connectivity index is 2.76. The number of amides is 1. The average Bonchev–Trinajstić information content (AvgIpc) is 2.15. The third-order valence-corrected chi connectivity index (χ3v) is 2.65. The number of carbonyl (C=O) groups is 1. The monoisotopic (exact) mass is 303 g/mol. The fourth-order valence-corrected chi connectivity index (χ4v) is 1.68. The highest BCUT2D eigenvalue weighted by Gasteiger charge is 2.29. The molecule has 1 rings (SSSR count). The Labute approximate surface area is 109 Å². The van der Waals surface area contributed by atoms with Gasteiger partial charge in [-0.25, -0.2) is 0 Å². The first-order valence-corrected chi connectivity index (χ1v) is 5.92. The molecule has 8 heteroatoms. The van der Waals surface area contributed by atoms with Gasteiger partial charge in [-0.1, -0.05) is 29.3 Å². The van der Waals surface area contributed by atoms with Crippen molar-refractivity contribution < 1.29 is 18.0 Å². The zero-order valence-corrected chi connectivity index (χ0v) is 10.4. The van der Waals surface area contributed by atoms with Gasteiger partial charge in [0.25, 0.3) is 5.91 Å². The van der Waals surface area contributed by atoms with Crippen LogP contribution in [0.3, 0.4) is 0 Å². The molecule has 1 N–H and O–H groups in total. The highest BCUT2D eigenvalue weighted by Crippen LogP contribution is 2.37. The summed E-state index contributed by atoms with van der Waals surface area (Å²) in [5.41, 5.74) is -4.17. The van der Waals surface area contributed by atoms with Crippen molar-refractivity contribution in [2.75, 3.05) is 5.32 Å². The van der Waals surface area contributed by atoms with E-state index >= 15 is 0 Å². The molecule has 0 heterocycles. The van der Waals surface area contributed by atoms with Crippen molar-refractivity contribution >= 4 is 46.6 Å². The molecule has 0 aromatic heterocycles. The van der Waals surface area contributed by atoms with Crippen LogP contribution in [0, 0.1) is 0 Å². The number of anilines is 1. The molecule has 17 heavy (non-hydrogen) atoms. The van der Waals surface area contributed by atoms with E-state index in [0.717, 1.165) is 0 Å². The second kappa shape index (κ2) is 5.84. The van der Waals surface area contributed by atoms with Gasteiger partial charge in [-0.3, -0.25) is 4.79 Å². The van der Waals surface area contributed by atoms with Crippen molar-refractivity contribution in [3.8, 4) is 0 Å². The number of carbonyl (C=O) groups excluding carboxylic acids is 1. The zero-order chi connectivity index (χ0) is 13.1. The number of hydrogen-bond acceptors (Lipinski definition) is 2. The number of thioether (sulfide) groups is 1. The summed E-state index contributed by atoms with van der Waals surface area (Å²) in [7, 11) is 0. The van der Waals surface area contributed by atoms with E-state index in [1.807, 2.05) is 0 Å². The summed E-state index contributed by atoms with van der Waals surface area (Å²) in [5, 5.41) is 2.28. The largest absolute Gasteiger partial charge is 0.446 e. The van der Waals surface area contributed by atoms with E-state index in [-0.39, 0.29) is 22.3 Å². The molecule has 0 saturated heterocycles. The topological polar surface area (TPSA) is 29.1 Å². The lowest BCUT2D eigenvalue weighted by Crippen LogP contribution is -2.18. The molecule has 0 bridgehead atoms. The van der Waals surface area contributed by atoms with Crippen LogP contribution in [-0.4, -0.2) is 16.3 Å². The van der Waals surface area contributed by atoms with E-state index in [0.29, 0.717) is 0 Å². The van der Waals surface area contributed by atoms with Gasteiger partial charge in [0.1, 0.15) is 0 Å². The van der Waals surface area contributed by atoms with E-state index < -0.39 is 16.3 Å². The average molecular weight is 304 g/mol. The molecule has 0 aliphatic rings. The first-order valence-electron chi connectivity index (χ1n) is 4.23. The maximum atomic E-state index is 12.1. The fraction of sp³-hybridized carbons (Fsp3) is 0.222. The number of nitrogens with one attached hydrogen (secondary N) is 1. The molecule has 0 unspecified atom stereocenters. The maximum Gasteiger partial charge on any atom is 0.446 e. The number of benzene rings is 1. The van der Waals surface area contributed by atoms with Crippen LogP contribution in [0.1, 0.15) is 0 Å².